The highest BCUT2D eigenvalue weighted by atomic mass is 32.2. The van der Waals surface area contributed by atoms with Crippen molar-refractivity contribution in [2.75, 3.05) is 23.3 Å². The molecule has 0 spiro atoms. The van der Waals surface area contributed by atoms with Gasteiger partial charge in [0.1, 0.15) is 0 Å². The minimum atomic E-state index is -3.80. The first-order valence-electron chi connectivity index (χ1n) is 9.34. The minimum Gasteiger partial charge on any atom is -0.490 e. The van der Waals surface area contributed by atoms with Crippen molar-refractivity contribution < 1.29 is 22.7 Å². The predicted molar refractivity (Wildman–Crippen MR) is 116 cm³/mol. The van der Waals surface area contributed by atoms with Gasteiger partial charge in [0.15, 0.2) is 11.5 Å². The molecule has 0 saturated carbocycles. The van der Waals surface area contributed by atoms with Gasteiger partial charge in [0.2, 0.25) is 5.91 Å². The normalized spacial score (nSPS) is 13.3. The predicted octanol–water partition coefficient (Wildman–Crippen LogP) is 3.89. The van der Waals surface area contributed by atoms with Crippen LogP contribution in [-0.4, -0.2) is 27.5 Å². The average molecular weight is 445 g/mol. The molecule has 4 rings (SSSR count). The molecule has 9 heteroatoms. The monoisotopic (exact) mass is 444 g/mol. The Bertz CT molecular complexity index is 1130. The molecule has 0 fully saturated rings. The molecule has 0 atom stereocenters. The zero-order valence-electron chi connectivity index (χ0n) is 16.0. The molecule has 0 unspecified atom stereocenters. The third kappa shape index (κ3) is 4.92. The van der Waals surface area contributed by atoms with E-state index in [1.807, 2.05) is 17.5 Å². The van der Waals surface area contributed by atoms with Crippen LogP contribution in [0.15, 0.2) is 64.9 Å². The number of hydrogen-bond acceptors (Lipinski definition) is 6. The number of ether oxygens (including phenoxy) is 2. The van der Waals surface area contributed by atoms with Gasteiger partial charge in [-0.2, -0.15) is 0 Å². The molecule has 0 bridgehead atoms. The molecular weight excluding hydrogens is 424 g/mol. The number of amides is 1. The average Bonchev–Trinajstić information content (AvgIpc) is 3.11. The Morgan fingerprint density at radius 2 is 1.70 bits per heavy atom. The molecule has 0 saturated heterocycles. The standard InChI is InChI=1S/C21H20N2O5S2/c24-21(13-17-3-1-12-29-17)22-15-4-6-16(7-5-15)23-30(25,26)18-8-9-19-20(14-18)28-11-2-10-27-19/h1,3-9,12,14,23H,2,10-11,13H2,(H,22,24). The van der Waals surface area contributed by atoms with E-state index >= 15 is 0 Å². The molecule has 1 amide bonds. The van der Waals surface area contributed by atoms with Crippen molar-refractivity contribution in [3.8, 4) is 11.5 Å². The highest BCUT2D eigenvalue weighted by molar-refractivity contribution is 7.92. The van der Waals surface area contributed by atoms with Crippen molar-refractivity contribution in [3.05, 3.63) is 64.9 Å². The van der Waals surface area contributed by atoms with Gasteiger partial charge in [0.05, 0.1) is 24.5 Å². The molecule has 30 heavy (non-hydrogen) atoms. The van der Waals surface area contributed by atoms with E-state index in [2.05, 4.69) is 10.0 Å². The molecule has 0 radical (unpaired) electrons. The number of hydrogen-bond donors (Lipinski definition) is 2. The van der Waals surface area contributed by atoms with Crippen molar-refractivity contribution in [2.45, 2.75) is 17.7 Å². The summed E-state index contributed by atoms with van der Waals surface area (Å²) in [5.74, 6) is 0.825. The molecule has 2 aromatic carbocycles. The first kappa shape index (κ1) is 20.2. The topological polar surface area (TPSA) is 93.7 Å². The van der Waals surface area contributed by atoms with Gasteiger partial charge in [-0.25, -0.2) is 8.42 Å². The number of sulfonamides is 1. The maximum atomic E-state index is 12.7. The lowest BCUT2D eigenvalue weighted by molar-refractivity contribution is -0.115. The van der Waals surface area contributed by atoms with Crippen molar-refractivity contribution >= 4 is 38.6 Å². The Labute approximate surface area is 178 Å². The van der Waals surface area contributed by atoms with Crippen molar-refractivity contribution in [1.82, 2.24) is 0 Å². The fraction of sp³-hybridized carbons (Fsp3) is 0.190. The fourth-order valence-electron chi connectivity index (χ4n) is 2.92. The number of rotatable bonds is 6. The van der Waals surface area contributed by atoms with E-state index in [-0.39, 0.29) is 10.8 Å². The summed E-state index contributed by atoms with van der Waals surface area (Å²) in [6.45, 7) is 1.01. The molecule has 2 heterocycles. The van der Waals surface area contributed by atoms with E-state index in [0.29, 0.717) is 42.5 Å². The first-order valence-corrected chi connectivity index (χ1v) is 11.7. The van der Waals surface area contributed by atoms with Gasteiger partial charge in [0.25, 0.3) is 10.0 Å². The van der Waals surface area contributed by atoms with Crippen LogP contribution < -0.4 is 19.5 Å². The van der Waals surface area contributed by atoms with E-state index in [4.69, 9.17) is 9.47 Å². The summed E-state index contributed by atoms with van der Waals surface area (Å²) < 4.78 is 39.1. The van der Waals surface area contributed by atoms with Crippen LogP contribution in [0, 0.1) is 0 Å². The Kier molecular flexibility index (Phi) is 5.91. The number of anilines is 2. The summed E-state index contributed by atoms with van der Waals surface area (Å²) in [6, 6.07) is 14.8. The summed E-state index contributed by atoms with van der Waals surface area (Å²) in [7, 11) is -3.80. The summed E-state index contributed by atoms with van der Waals surface area (Å²) in [5.41, 5.74) is 0.980. The molecule has 1 aliphatic heterocycles. The summed E-state index contributed by atoms with van der Waals surface area (Å²) in [6.07, 6.45) is 1.04. The van der Waals surface area contributed by atoms with Gasteiger partial charge in [0, 0.05) is 28.7 Å². The summed E-state index contributed by atoms with van der Waals surface area (Å²) >= 11 is 1.52. The number of carbonyl (C=O) groups excluding carboxylic acids is 1. The van der Waals surface area contributed by atoms with Crippen LogP contribution in [0.4, 0.5) is 11.4 Å². The smallest absolute Gasteiger partial charge is 0.262 e. The van der Waals surface area contributed by atoms with Crippen LogP contribution in [0.1, 0.15) is 11.3 Å². The lowest BCUT2D eigenvalue weighted by Crippen LogP contribution is -2.14. The zero-order valence-corrected chi connectivity index (χ0v) is 17.6. The van der Waals surface area contributed by atoms with Crippen molar-refractivity contribution in [2.24, 2.45) is 0 Å². The largest absolute Gasteiger partial charge is 0.490 e. The van der Waals surface area contributed by atoms with Gasteiger partial charge >= 0.3 is 0 Å². The van der Waals surface area contributed by atoms with Gasteiger partial charge in [-0.1, -0.05) is 6.07 Å². The molecule has 7 nitrogen and oxygen atoms in total. The maximum Gasteiger partial charge on any atom is 0.262 e. The number of fused-ring (bicyclic) bond motifs is 1. The van der Waals surface area contributed by atoms with E-state index in [1.165, 1.54) is 23.5 Å². The number of nitrogens with one attached hydrogen (secondary N) is 2. The van der Waals surface area contributed by atoms with Crippen LogP contribution in [0.25, 0.3) is 0 Å². The second kappa shape index (κ2) is 8.76. The second-order valence-electron chi connectivity index (χ2n) is 6.65. The van der Waals surface area contributed by atoms with Crippen LogP contribution in [0.2, 0.25) is 0 Å². The molecular formula is C21H20N2O5S2. The molecule has 3 aromatic rings. The van der Waals surface area contributed by atoms with Crippen LogP contribution in [-0.2, 0) is 21.2 Å². The van der Waals surface area contributed by atoms with E-state index in [0.717, 1.165) is 11.3 Å². The number of carbonyl (C=O) groups is 1. The van der Waals surface area contributed by atoms with Crippen LogP contribution in [0.5, 0.6) is 11.5 Å². The Balaban J connectivity index is 1.42. The van der Waals surface area contributed by atoms with Crippen LogP contribution in [0.3, 0.4) is 0 Å². The highest BCUT2D eigenvalue weighted by Gasteiger charge is 2.19. The number of benzene rings is 2. The van der Waals surface area contributed by atoms with E-state index < -0.39 is 10.0 Å². The lowest BCUT2D eigenvalue weighted by atomic mass is 10.2. The Morgan fingerprint density at radius 3 is 2.43 bits per heavy atom. The highest BCUT2D eigenvalue weighted by Crippen LogP contribution is 2.32. The van der Waals surface area contributed by atoms with Gasteiger partial charge in [-0.3, -0.25) is 9.52 Å². The van der Waals surface area contributed by atoms with Gasteiger partial charge in [-0.15, -0.1) is 11.3 Å². The van der Waals surface area contributed by atoms with E-state index in [1.54, 1.807) is 30.3 Å². The third-order valence-electron chi connectivity index (χ3n) is 4.37. The molecule has 0 aliphatic carbocycles. The molecule has 1 aliphatic rings. The van der Waals surface area contributed by atoms with Crippen molar-refractivity contribution in [1.29, 1.82) is 0 Å². The van der Waals surface area contributed by atoms with Crippen LogP contribution >= 0.6 is 11.3 Å². The summed E-state index contributed by atoms with van der Waals surface area (Å²) in [4.78, 5) is 13.1. The third-order valence-corrected chi connectivity index (χ3v) is 6.62. The van der Waals surface area contributed by atoms with Gasteiger partial charge < -0.3 is 14.8 Å². The second-order valence-corrected chi connectivity index (χ2v) is 9.36. The Hall–Kier alpha value is -3.04. The molecule has 1 aromatic heterocycles. The summed E-state index contributed by atoms with van der Waals surface area (Å²) in [5, 5.41) is 4.73. The first-order chi connectivity index (χ1) is 14.5. The SMILES string of the molecule is O=C(Cc1cccs1)Nc1ccc(NS(=O)(=O)c2ccc3c(c2)OCCCO3)cc1. The molecule has 156 valence electrons. The minimum absolute atomic E-state index is 0.0834. The maximum absolute atomic E-state index is 12.7. The molecule has 2 N–H and O–H groups in total. The van der Waals surface area contributed by atoms with Crippen molar-refractivity contribution in [3.63, 3.8) is 0 Å². The Morgan fingerprint density at radius 1 is 0.967 bits per heavy atom. The number of thiophene rings is 1. The fourth-order valence-corrected chi connectivity index (χ4v) is 4.70. The zero-order chi connectivity index (χ0) is 21.0. The van der Waals surface area contributed by atoms with Gasteiger partial charge in [-0.05, 0) is 47.8 Å². The van der Waals surface area contributed by atoms with E-state index in [9.17, 15) is 13.2 Å². The quantitative estimate of drug-likeness (QED) is 0.602. The lowest BCUT2D eigenvalue weighted by Gasteiger charge is -2.12.